The molecule has 0 aliphatic carbocycles. The van der Waals surface area contributed by atoms with Crippen molar-refractivity contribution in [2.45, 2.75) is 12.8 Å². The van der Waals surface area contributed by atoms with Gasteiger partial charge in [0.1, 0.15) is 0 Å². The second-order valence-electron chi connectivity index (χ2n) is 5.87. The Balaban J connectivity index is 1.59. The first kappa shape index (κ1) is 14.6. The predicted molar refractivity (Wildman–Crippen MR) is 98.8 cm³/mol. The van der Waals surface area contributed by atoms with Crippen molar-refractivity contribution in [3.63, 3.8) is 0 Å². The van der Waals surface area contributed by atoms with E-state index in [0.29, 0.717) is 0 Å². The Hall–Kier alpha value is -3.00. The summed E-state index contributed by atoms with van der Waals surface area (Å²) in [4.78, 5) is 9.27. The molecule has 0 saturated heterocycles. The van der Waals surface area contributed by atoms with Crippen LogP contribution in [0.25, 0.3) is 22.2 Å². The summed E-state index contributed by atoms with van der Waals surface area (Å²) in [7, 11) is 0. The van der Waals surface area contributed by atoms with Gasteiger partial charge in [0.15, 0.2) is 0 Å². The highest BCUT2D eigenvalue weighted by Gasteiger charge is 2.06. The smallest absolute Gasteiger partial charge is 0.0705 e. The minimum Gasteiger partial charge on any atom is -0.256 e. The van der Waals surface area contributed by atoms with E-state index in [0.717, 1.165) is 29.7 Å². The van der Waals surface area contributed by atoms with Crippen molar-refractivity contribution in [1.29, 1.82) is 0 Å². The third kappa shape index (κ3) is 3.04. The average Bonchev–Trinajstić information content (AvgIpc) is 2.67. The molecule has 0 aliphatic rings. The standard InChI is InChI=1S/C22H18N2/c1-3-9-20(22-11-5-6-16-23-22)17(7-1)12-14-19-15-13-18-8-2-4-10-21(18)24-19/h1-11,13,15-16H,12,14H2. The van der Waals surface area contributed by atoms with Crippen molar-refractivity contribution >= 4 is 10.9 Å². The van der Waals surface area contributed by atoms with Gasteiger partial charge in [0.25, 0.3) is 0 Å². The van der Waals surface area contributed by atoms with E-state index >= 15 is 0 Å². The van der Waals surface area contributed by atoms with Crippen LogP contribution in [-0.4, -0.2) is 9.97 Å². The topological polar surface area (TPSA) is 25.8 Å². The molecule has 2 heterocycles. The fourth-order valence-corrected chi connectivity index (χ4v) is 3.02. The monoisotopic (exact) mass is 310 g/mol. The minimum atomic E-state index is 0.925. The third-order valence-electron chi connectivity index (χ3n) is 4.26. The molecule has 116 valence electrons. The van der Waals surface area contributed by atoms with E-state index < -0.39 is 0 Å². The van der Waals surface area contributed by atoms with Crippen molar-refractivity contribution < 1.29 is 0 Å². The Kier molecular flexibility index (Phi) is 4.03. The van der Waals surface area contributed by atoms with Crippen LogP contribution in [0.3, 0.4) is 0 Å². The highest BCUT2D eigenvalue weighted by Crippen LogP contribution is 2.23. The number of pyridine rings is 2. The quantitative estimate of drug-likeness (QED) is 0.525. The van der Waals surface area contributed by atoms with Crippen molar-refractivity contribution in [3.8, 4) is 11.3 Å². The molecule has 0 radical (unpaired) electrons. The lowest BCUT2D eigenvalue weighted by atomic mass is 9.99. The first-order valence-corrected chi connectivity index (χ1v) is 8.24. The zero-order valence-corrected chi connectivity index (χ0v) is 13.4. The van der Waals surface area contributed by atoms with E-state index in [4.69, 9.17) is 4.98 Å². The molecule has 2 aromatic carbocycles. The molecule has 0 spiro atoms. The molecule has 0 aliphatic heterocycles. The number of benzene rings is 2. The molecule has 0 saturated carbocycles. The predicted octanol–water partition coefficient (Wildman–Crippen LogP) is 5.08. The maximum Gasteiger partial charge on any atom is 0.0705 e. The highest BCUT2D eigenvalue weighted by molar-refractivity contribution is 5.78. The molecule has 0 bridgehead atoms. The number of hydrogen-bond acceptors (Lipinski definition) is 2. The van der Waals surface area contributed by atoms with Crippen molar-refractivity contribution in [2.24, 2.45) is 0 Å². The Morgan fingerprint density at radius 3 is 2.42 bits per heavy atom. The molecule has 24 heavy (non-hydrogen) atoms. The normalized spacial score (nSPS) is 10.8. The molecule has 2 aromatic heterocycles. The molecular formula is C22H18N2. The van der Waals surface area contributed by atoms with Gasteiger partial charge in [-0.3, -0.25) is 9.97 Å². The summed E-state index contributed by atoms with van der Waals surface area (Å²) in [6.07, 6.45) is 3.73. The van der Waals surface area contributed by atoms with Gasteiger partial charge in [0.2, 0.25) is 0 Å². The first-order valence-electron chi connectivity index (χ1n) is 8.24. The lowest BCUT2D eigenvalue weighted by Gasteiger charge is -2.09. The van der Waals surface area contributed by atoms with Crippen LogP contribution >= 0.6 is 0 Å². The number of hydrogen-bond donors (Lipinski definition) is 0. The van der Waals surface area contributed by atoms with Gasteiger partial charge in [-0.2, -0.15) is 0 Å². The summed E-state index contributed by atoms with van der Waals surface area (Å²) < 4.78 is 0. The van der Waals surface area contributed by atoms with Crippen LogP contribution in [0.1, 0.15) is 11.3 Å². The summed E-state index contributed by atoms with van der Waals surface area (Å²) in [5.41, 5.74) is 5.74. The van der Waals surface area contributed by atoms with E-state index in [1.165, 1.54) is 16.5 Å². The Morgan fingerprint density at radius 2 is 1.50 bits per heavy atom. The molecule has 0 N–H and O–H groups in total. The fourth-order valence-electron chi connectivity index (χ4n) is 3.02. The number of fused-ring (bicyclic) bond motifs is 1. The van der Waals surface area contributed by atoms with Gasteiger partial charge in [-0.25, -0.2) is 0 Å². The van der Waals surface area contributed by atoms with E-state index in [-0.39, 0.29) is 0 Å². The Bertz CT molecular complexity index is 961. The molecule has 0 unspecified atom stereocenters. The summed E-state index contributed by atoms with van der Waals surface area (Å²) in [6, 6.07) is 27.1. The van der Waals surface area contributed by atoms with Crippen molar-refractivity contribution in [3.05, 3.63) is 96.3 Å². The molecule has 0 atom stereocenters. The van der Waals surface area contributed by atoms with Crippen LogP contribution in [0, 0.1) is 0 Å². The average molecular weight is 310 g/mol. The SMILES string of the molecule is c1ccc(-c2ccccc2CCc2ccc3ccccc3n2)nc1. The van der Waals surface area contributed by atoms with Crippen LogP contribution < -0.4 is 0 Å². The van der Waals surface area contributed by atoms with Gasteiger partial charge in [0.05, 0.1) is 11.2 Å². The number of para-hydroxylation sites is 1. The molecule has 2 nitrogen and oxygen atoms in total. The van der Waals surface area contributed by atoms with E-state index in [1.807, 2.05) is 30.5 Å². The lowest BCUT2D eigenvalue weighted by Crippen LogP contribution is -1.97. The van der Waals surface area contributed by atoms with Crippen molar-refractivity contribution in [1.82, 2.24) is 9.97 Å². The second kappa shape index (κ2) is 6.63. The zero-order chi connectivity index (χ0) is 16.2. The fraction of sp³-hybridized carbons (Fsp3) is 0.0909. The molecular weight excluding hydrogens is 292 g/mol. The van der Waals surface area contributed by atoms with Gasteiger partial charge in [-0.1, -0.05) is 54.6 Å². The molecule has 4 aromatic rings. The molecule has 2 heteroatoms. The maximum atomic E-state index is 4.78. The van der Waals surface area contributed by atoms with Gasteiger partial charge >= 0.3 is 0 Å². The van der Waals surface area contributed by atoms with E-state index in [9.17, 15) is 0 Å². The van der Waals surface area contributed by atoms with Crippen LogP contribution in [0.4, 0.5) is 0 Å². The number of rotatable bonds is 4. The maximum absolute atomic E-state index is 4.78. The van der Waals surface area contributed by atoms with Crippen LogP contribution in [-0.2, 0) is 12.8 Å². The summed E-state index contributed by atoms with van der Waals surface area (Å²) in [5, 5.41) is 1.19. The summed E-state index contributed by atoms with van der Waals surface area (Å²) >= 11 is 0. The van der Waals surface area contributed by atoms with Gasteiger partial charge in [-0.05, 0) is 42.7 Å². The number of aromatic nitrogens is 2. The Morgan fingerprint density at radius 1 is 0.667 bits per heavy atom. The second-order valence-corrected chi connectivity index (χ2v) is 5.87. The number of nitrogens with zero attached hydrogens (tertiary/aromatic N) is 2. The third-order valence-corrected chi connectivity index (χ3v) is 4.26. The van der Waals surface area contributed by atoms with Gasteiger partial charge in [0, 0.05) is 22.8 Å². The zero-order valence-electron chi connectivity index (χ0n) is 13.4. The van der Waals surface area contributed by atoms with E-state index in [1.54, 1.807) is 0 Å². The van der Waals surface area contributed by atoms with Crippen molar-refractivity contribution in [2.75, 3.05) is 0 Å². The highest BCUT2D eigenvalue weighted by atomic mass is 14.7. The molecule has 4 rings (SSSR count). The first-order chi connectivity index (χ1) is 11.9. The van der Waals surface area contributed by atoms with Crippen LogP contribution in [0.15, 0.2) is 85.1 Å². The largest absolute Gasteiger partial charge is 0.256 e. The van der Waals surface area contributed by atoms with Crippen LogP contribution in [0.5, 0.6) is 0 Å². The summed E-state index contributed by atoms with van der Waals surface area (Å²) in [6.45, 7) is 0. The number of aryl methyl sites for hydroxylation is 2. The molecule has 0 fully saturated rings. The van der Waals surface area contributed by atoms with Gasteiger partial charge < -0.3 is 0 Å². The van der Waals surface area contributed by atoms with Crippen LogP contribution in [0.2, 0.25) is 0 Å². The van der Waals surface area contributed by atoms with E-state index in [2.05, 4.69) is 59.6 Å². The minimum absolute atomic E-state index is 0.925. The molecule has 0 amide bonds. The lowest BCUT2D eigenvalue weighted by molar-refractivity contribution is 0.923. The Labute approximate surface area is 141 Å². The summed E-state index contributed by atoms with van der Waals surface area (Å²) in [5.74, 6) is 0. The van der Waals surface area contributed by atoms with Gasteiger partial charge in [-0.15, -0.1) is 0 Å².